The number of nitriles is 1. The molecule has 0 radical (unpaired) electrons. The third kappa shape index (κ3) is 5.45. The van der Waals surface area contributed by atoms with Crippen LogP contribution >= 0.6 is 22.9 Å². The molecule has 0 fully saturated rings. The highest BCUT2D eigenvalue weighted by atomic mass is 35.5. The van der Waals surface area contributed by atoms with Crippen molar-refractivity contribution in [1.29, 1.82) is 5.26 Å². The molecule has 0 atom stereocenters. The van der Waals surface area contributed by atoms with Crippen LogP contribution < -0.4 is 9.64 Å². The van der Waals surface area contributed by atoms with Gasteiger partial charge in [-0.2, -0.15) is 9.57 Å². The lowest BCUT2D eigenvalue weighted by Gasteiger charge is -2.24. The van der Waals surface area contributed by atoms with Crippen LogP contribution in [0.15, 0.2) is 40.6 Å². The van der Waals surface area contributed by atoms with Crippen LogP contribution in [0.2, 0.25) is 4.34 Å². The minimum atomic E-state index is -3.83. The molecule has 1 heterocycles. The van der Waals surface area contributed by atoms with Crippen molar-refractivity contribution in [1.82, 2.24) is 4.31 Å². The van der Waals surface area contributed by atoms with Crippen LogP contribution in [0.3, 0.4) is 0 Å². The Labute approximate surface area is 173 Å². The number of halogens is 1. The Morgan fingerprint density at radius 1 is 1.25 bits per heavy atom. The molecule has 10 heteroatoms. The molecule has 150 valence electrons. The standard InChI is InChI=1S/C18H20ClN3O4S2/c1-3-26-15-7-5-14(6-8-15)22(12-4-11-20)17(23)13-21(2)28(24,25)18-10-9-16(19)27-18/h5-10H,3-4,12-13H2,1-2H3. The van der Waals surface area contributed by atoms with Gasteiger partial charge in [0.15, 0.2) is 0 Å². The van der Waals surface area contributed by atoms with Crippen molar-refractivity contribution >= 4 is 44.6 Å². The Hall–Kier alpha value is -2.12. The number of anilines is 1. The van der Waals surface area contributed by atoms with E-state index >= 15 is 0 Å². The van der Waals surface area contributed by atoms with Crippen LogP contribution in [-0.2, 0) is 14.8 Å². The molecule has 0 spiro atoms. The first-order valence-electron chi connectivity index (χ1n) is 8.41. The van der Waals surface area contributed by atoms with Gasteiger partial charge in [-0.3, -0.25) is 4.79 Å². The van der Waals surface area contributed by atoms with E-state index in [9.17, 15) is 13.2 Å². The van der Waals surface area contributed by atoms with Crippen LogP contribution in [0.4, 0.5) is 5.69 Å². The molecule has 1 aromatic heterocycles. The van der Waals surface area contributed by atoms with Crippen molar-refractivity contribution in [3.8, 4) is 11.8 Å². The molecule has 2 rings (SSSR count). The van der Waals surface area contributed by atoms with Gasteiger partial charge < -0.3 is 9.64 Å². The van der Waals surface area contributed by atoms with Crippen LogP contribution in [0.25, 0.3) is 0 Å². The van der Waals surface area contributed by atoms with Gasteiger partial charge in [-0.1, -0.05) is 11.6 Å². The van der Waals surface area contributed by atoms with Crippen molar-refractivity contribution in [3.05, 3.63) is 40.7 Å². The molecular formula is C18H20ClN3O4S2. The van der Waals surface area contributed by atoms with Crippen LogP contribution in [0.5, 0.6) is 5.75 Å². The van der Waals surface area contributed by atoms with E-state index in [-0.39, 0.29) is 23.7 Å². The summed E-state index contributed by atoms with van der Waals surface area (Å²) in [5.74, 6) is 0.223. The number of likely N-dealkylation sites (N-methyl/N-ethyl adjacent to an activating group) is 1. The van der Waals surface area contributed by atoms with Crippen molar-refractivity contribution in [2.45, 2.75) is 17.6 Å². The fourth-order valence-corrected chi connectivity index (χ4v) is 5.21. The smallest absolute Gasteiger partial charge is 0.252 e. The maximum Gasteiger partial charge on any atom is 0.252 e. The highest BCUT2D eigenvalue weighted by molar-refractivity contribution is 7.91. The number of ether oxygens (including phenoxy) is 1. The molecule has 0 bridgehead atoms. The predicted octanol–water partition coefficient (Wildman–Crippen LogP) is 3.37. The van der Waals surface area contributed by atoms with E-state index in [1.165, 1.54) is 24.1 Å². The van der Waals surface area contributed by atoms with Crippen LogP contribution in [0, 0.1) is 11.3 Å². The second-order valence-corrected chi connectivity index (χ2v) is 9.69. The van der Waals surface area contributed by atoms with Gasteiger partial charge in [0.25, 0.3) is 10.0 Å². The Kier molecular flexibility index (Phi) is 7.83. The molecular weight excluding hydrogens is 422 g/mol. The highest BCUT2D eigenvalue weighted by Crippen LogP contribution is 2.28. The van der Waals surface area contributed by atoms with E-state index in [2.05, 4.69) is 0 Å². The van der Waals surface area contributed by atoms with Crippen molar-refractivity contribution in [3.63, 3.8) is 0 Å². The number of thiophene rings is 1. The van der Waals surface area contributed by atoms with E-state index in [4.69, 9.17) is 21.6 Å². The molecule has 1 aromatic carbocycles. The van der Waals surface area contributed by atoms with Crippen LogP contribution in [-0.4, -0.2) is 45.4 Å². The maximum absolute atomic E-state index is 12.8. The van der Waals surface area contributed by atoms with E-state index in [0.29, 0.717) is 22.4 Å². The lowest BCUT2D eigenvalue weighted by molar-refractivity contribution is -0.118. The monoisotopic (exact) mass is 441 g/mol. The van der Waals surface area contributed by atoms with E-state index in [1.807, 2.05) is 13.0 Å². The number of amides is 1. The zero-order valence-electron chi connectivity index (χ0n) is 15.5. The summed E-state index contributed by atoms with van der Waals surface area (Å²) in [7, 11) is -2.49. The largest absolute Gasteiger partial charge is 0.494 e. The minimum absolute atomic E-state index is 0.0671. The first kappa shape index (κ1) is 22.2. The number of carbonyl (C=O) groups is 1. The average molecular weight is 442 g/mol. The van der Waals surface area contributed by atoms with E-state index < -0.39 is 15.9 Å². The molecule has 7 nitrogen and oxygen atoms in total. The second-order valence-electron chi connectivity index (χ2n) is 5.70. The lowest BCUT2D eigenvalue weighted by atomic mass is 10.2. The predicted molar refractivity (Wildman–Crippen MR) is 109 cm³/mol. The maximum atomic E-state index is 12.8. The fourth-order valence-electron chi connectivity index (χ4n) is 2.40. The number of hydrogen-bond acceptors (Lipinski definition) is 6. The molecule has 0 aliphatic carbocycles. The highest BCUT2D eigenvalue weighted by Gasteiger charge is 2.27. The minimum Gasteiger partial charge on any atom is -0.494 e. The average Bonchev–Trinajstić information content (AvgIpc) is 3.10. The Morgan fingerprint density at radius 3 is 2.46 bits per heavy atom. The molecule has 2 aromatic rings. The number of nitrogens with zero attached hydrogens (tertiary/aromatic N) is 3. The first-order chi connectivity index (χ1) is 13.3. The third-order valence-corrected chi connectivity index (χ3v) is 7.28. The van der Waals surface area contributed by atoms with Crippen molar-refractivity contribution < 1.29 is 17.9 Å². The summed E-state index contributed by atoms with van der Waals surface area (Å²) in [5, 5.41) is 8.89. The number of rotatable bonds is 9. The molecule has 0 aliphatic rings. The first-order valence-corrected chi connectivity index (χ1v) is 11.0. The number of carbonyl (C=O) groups excluding carboxylic acids is 1. The van der Waals surface area contributed by atoms with Gasteiger partial charge in [0, 0.05) is 19.3 Å². The summed E-state index contributed by atoms with van der Waals surface area (Å²) in [6, 6.07) is 11.8. The van der Waals surface area contributed by atoms with Gasteiger partial charge in [0.05, 0.1) is 30.0 Å². The Balaban J connectivity index is 2.19. The van der Waals surface area contributed by atoms with Crippen LogP contribution in [0.1, 0.15) is 13.3 Å². The lowest BCUT2D eigenvalue weighted by Crippen LogP contribution is -2.41. The van der Waals surface area contributed by atoms with Crippen molar-refractivity contribution in [2.75, 3.05) is 31.6 Å². The second kappa shape index (κ2) is 9.89. The van der Waals surface area contributed by atoms with E-state index in [1.54, 1.807) is 24.3 Å². The van der Waals surface area contributed by atoms with Crippen molar-refractivity contribution in [2.24, 2.45) is 0 Å². The molecule has 0 saturated heterocycles. The number of benzene rings is 1. The molecule has 0 aliphatic heterocycles. The van der Waals surface area contributed by atoms with Gasteiger partial charge in [-0.05, 0) is 43.3 Å². The third-order valence-electron chi connectivity index (χ3n) is 3.78. The summed E-state index contributed by atoms with van der Waals surface area (Å²) in [6.45, 7) is 2.18. The number of sulfonamides is 1. The van der Waals surface area contributed by atoms with Gasteiger partial charge in [-0.25, -0.2) is 8.42 Å². The summed E-state index contributed by atoms with van der Waals surface area (Å²) in [4.78, 5) is 14.2. The summed E-state index contributed by atoms with van der Waals surface area (Å²) < 4.78 is 32.0. The van der Waals surface area contributed by atoms with E-state index in [0.717, 1.165) is 15.6 Å². The topological polar surface area (TPSA) is 90.7 Å². The van der Waals surface area contributed by atoms with Gasteiger partial charge in [0.2, 0.25) is 5.91 Å². The number of hydrogen-bond donors (Lipinski definition) is 0. The van der Waals surface area contributed by atoms with Gasteiger partial charge in [0.1, 0.15) is 9.96 Å². The Bertz CT molecular complexity index is 952. The SMILES string of the molecule is CCOc1ccc(N(CCC#N)C(=O)CN(C)S(=O)(=O)c2ccc(Cl)s2)cc1. The van der Waals surface area contributed by atoms with Gasteiger partial charge in [-0.15, -0.1) is 11.3 Å². The van der Waals surface area contributed by atoms with Gasteiger partial charge >= 0.3 is 0 Å². The summed E-state index contributed by atoms with van der Waals surface area (Å²) in [5.41, 5.74) is 0.564. The molecule has 1 amide bonds. The normalized spacial score (nSPS) is 11.2. The Morgan fingerprint density at radius 2 is 1.93 bits per heavy atom. The summed E-state index contributed by atoms with van der Waals surface area (Å²) >= 11 is 6.75. The zero-order chi connectivity index (χ0) is 20.7. The molecule has 0 saturated carbocycles. The summed E-state index contributed by atoms with van der Waals surface area (Å²) in [6.07, 6.45) is 0.121. The quantitative estimate of drug-likeness (QED) is 0.595. The molecule has 28 heavy (non-hydrogen) atoms. The molecule has 0 N–H and O–H groups in total. The zero-order valence-corrected chi connectivity index (χ0v) is 17.9. The fraction of sp³-hybridized carbons (Fsp3) is 0.333. The molecule has 0 unspecified atom stereocenters.